The van der Waals surface area contributed by atoms with Crippen LogP contribution >= 0.6 is 0 Å². The number of ketones is 1. The third kappa shape index (κ3) is 6.36. The van der Waals surface area contributed by atoms with Gasteiger partial charge >= 0.3 is 0 Å². The summed E-state index contributed by atoms with van der Waals surface area (Å²) in [6.45, 7) is 0. The molecule has 2 aliphatic carbocycles. The van der Waals surface area contributed by atoms with Crippen molar-refractivity contribution in [3.8, 4) is 6.07 Å². The zero-order chi connectivity index (χ0) is 18.8. The predicted octanol–water partition coefficient (Wildman–Crippen LogP) is -0.616. The lowest BCUT2D eigenvalue weighted by Crippen LogP contribution is -2.28. The molecule has 0 aliphatic heterocycles. The second kappa shape index (κ2) is 12.3. The summed E-state index contributed by atoms with van der Waals surface area (Å²) >= 11 is 0. The number of aryl methyl sites for hydroxylation is 1. The summed E-state index contributed by atoms with van der Waals surface area (Å²) in [7, 11) is 3.36. The molecule has 3 atom stereocenters. The summed E-state index contributed by atoms with van der Waals surface area (Å²) in [6.07, 6.45) is 5.22. The van der Waals surface area contributed by atoms with Crippen LogP contribution in [0.5, 0.6) is 0 Å². The minimum atomic E-state index is -0.423. The SMILES string of the molecule is COC1CCC(=O)C(C#N)C1.COC1CCc2[nH]nc(N)c2C1.NN.O. The number of ether oxygens (including phenoxy) is 2. The standard InChI is InChI=1S/C8H13N3O.C8H11NO2.H4N2.H2O/c1-12-5-2-3-7-6(4-5)8(9)11-10-7;1-11-7-2-3-8(10)6(4-7)5-9;1-2;/h5H,2-4H2,1H3,(H3,9,10,11);6-7H,2-4H2,1H3;1-2H2;1H2. The number of aromatic nitrogens is 2. The molecule has 1 heterocycles. The van der Waals surface area contributed by atoms with E-state index in [-0.39, 0.29) is 17.4 Å². The number of hydrogen-bond acceptors (Lipinski definition) is 8. The largest absolute Gasteiger partial charge is 0.412 e. The van der Waals surface area contributed by atoms with Crippen LogP contribution in [0.1, 0.15) is 36.9 Å². The normalized spacial score (nSPS) is 23.8. The van der Waals surface area contributed by atoms with Crippen LogP contribution < -0.4 is 17.4 Å². The van der Waals surface area contributed by atoms with Crippen LogP contribution in [0.4, 0.5) is 5.82 Å². The van der Waals surface area contributed by atoms with Gasteiger partial charge in [0.25, 0.3) is 0 Å². The molecule has 10 heteroatoms. The highest BCUT2D eigenvalue weighted by Gasteiger charge is 2.28. The highest BCUT2D eigenvalue weighted by molar-refractivity contribution is 5.84. The Morgan fingerprint density at radius 2 is 1.81 bits per heavy atom. The van der Waals surface area contributed by atoms with Crippen molar-refractivity contribution in [2.24, 2.45) is 17.6 Å². The molecule has 0 amide bonds. The van der Waals surface area contributed by atoms with Crippen molar-refractivity contribution in [3.63, 3.8) is 0 Å². The van der Waals surface area contributed by atoms with Gasteiger partial charge in [-0.25, -0.2) is 0 Å². The van der Waals surface area contributed by atoms with E-state index in [1.165, 1.54) is 5.69 Å². The maximum atomic E-state index is 11.0. The molecule has 0 saturated heterocycles. The highest BCUT2D eigenvalue weighted by Crippen LogP contribution is 2.25. The smallest absolute Gasteiger partial charge is 0.150 e. The van der Waals surface area contributed by atoms with Gasteiger partial charge in [0.05, 0.1) is 18.3 Å². The van der Waals surface area contributed by atoms with Crippen LogP contribution in [0, 0.1) is 17.2 Å². The van der Waals surface area contributed by atoms with Crippen molar-refractivity contribution < 1.29 is 19.7 Å². The molecule has 148 valence electrons. The molecule has 1 aromatic heterocycles. The Balaban J connectivity index is 0.000000426. The monoisotopic (exact) mass is 370 g/mol. The lowest BCUT2D eigenvalue weighted by atomic mass is 9.87. The Bertz CT molecular complexity index is 586. The van der Waals surface area contributed by atoms with E-state index in [4.69, 9.17) is 20.5 Å². The first-order valence-corrected chi connectivity index (χ1v) is 8.21. The van der Waals surface area contributed by atoms with Crippen molar-refractivity contribution in [2.75, 3.05) is 20.0 Å². The number of anilines is 1. The van der Waals surface area contributed by atoms with E-state index in [2.05, 4.69) is 21.9 Å². The average molecular weight is 370 g/mol. The number of hydrogen-bond donors (Lipinski definition) is 4. The number of nitrogen functional groups attached to an aromatic ring is 1. The number of rotatable bonds is 2. The van der Waals surface area contributed by atoms with Crippen LogP contribution in [-0.2, 0) is 27.1 Å². The van der Waals surface area contributed by atoms with Gasteiger partial charge in [-0.1, -0.05) is 0 Å². The van der Waals surface area contributed by atoms with Crippen molar-refractivity contribution in [3.05, 3.63) is 11.3 Å². The lowest BCUT2D eigenvalue weighted by Gasteiger charge is -2.22. The summed E-state index contributed by atoms with van der Waals surface area (Å²) < 4.78 is 10.3. The molecule has 26 heavy (non-hydrogen) atoms. The fourth-order valence-electron chi connectivity index (χ4n) is 3.02. The topological polar surface area (TPSA) is 198 Å². The number of methoxy groups -OCH3 is 2. The molecular weight excluding hydrogens is 340 g/mol. The second-order valence-electron chi connectivity index (χ2n) is 5.95. The highest BCUT2D eigenvalue weighted by atomic mass is 16.5. The fraction of sp³-hybridized carbons (Fsp3) is 0.688. The van der Waals surface area contributed by atoms with Gasteiger partial charge in [-0.2, -0.15) is 10.4 Å². The number of carbonyl (C=O) groups excluding carboxylic acids is 1. The number of aromatic amines is 1. The van der Waals surface area contributed by atoms with Crippen LogP contribution in [-0.4, -0.2) is 47.9 Å². The second-order valence-corrected chi connectivity index (χ2v) is 5.95. The third-order valence-electron chi connectivity index (χ3n) is 4.56. The van der Waals surface area contributed by atoms with Gasteiger partial charge in [0.2, 0.25) is 0 Å². The summed E-state index contributed by atoms with van der Waals surface area (Å²) in [4.78, 5) is 11.0. The Morgan fingerprint density at radius 1 is 1.19 bits per heavy atom. The Morgan fingerprint density at radius 3 is 2.38 bits per heavy atom. The summed E-state index contributed by atoms with van der Waals surface area (Å²) in [5.74, 6) is 8.28. The van der Waals surface area contributed by atoms with Gasteiger partial charge < -0.3 is 20.7 Å². The van der Waals surface area contributed by atoms with E-state index < -0.39 is 5.92 Å². The van der Waals surface area contributed by atoms with Gasteiger partial charge in [0.1, 0.15) is 17.5 Å². The lowest BCUT2D eigenvalue weighted by molar-refractivity contribution is -0.125. The first kappa shape index (κ1) is 24.0. The van der Waals surface area contributed by atoms with Crippen molar-refractivity contribution in [2.45, 2.75) is 50.7 Å². The summed E-state index contributed by atoms with van der Waals surface area (Å²) in [5, 5.41) is 15.5. The van der Waals surface area contributed by atoms with E-state index in [0.29, 0.717) is 24.8 Å². The molecule has 3 unspecified atom stereocenters. The number of H-pyrrole nitrogens is 1. The Labute approximate surface area is 153 Å². The first-order chi connectivity index (χ1) is 12.1. The molecule has 9 N–H and O–H groups in total. The number of fused-ring (bicyclic) bond motifs is 1. The Kier molecular flexibility index (Phi) is 11.4. The van der Waals surface area contributed by atoms with Crippen molar-refractivity contribution in [1.82, 2.24) is 10.2 Å². The van der Waals surface area contributed by atoms with Gasteiger partial charge in [-0.15, -0.1) is 0 Å². The molecular formula is C16H30N6O4. The number of Topliss-reactive ketones (excluding diaryl/α,β-unsaturated/α-hetero) is 1. The van der Waals surface area contributed by atoms with E-state index >= 15 is 0 Å². The molecule has 1 saturated carbocycles. The van der Waals surface area contributed by atoms with Crippen LogP contribution in [0.25, 0.3) is 0 Å². The quantitative estimate of drug-likeness (QED) is 0.390. The molecule has 2 aliphatic rings. The minimum absolute atomic E-state index is 0. The van der Waals surface area contributed by atoms with E-state index in [1.54, 1.807) is 14.2 Å². The fourth-order valence-corrected chi connectivity index (χ4v) is 3.02. The number of hydrazine groups is 1. The van der Waals surface area contributed by atoms with Gasteiger partial charge in [-0.3, -0.25) is 21.6 Å². The zero-order valence-electron chi connectivity index (χ0n) is 15.3. The van der Waals surface area contributed by atoms with Crippen LogP contribution in [0.2, 0.25) is 0 Å². The first-order valence-electron chi connectivity index (χ1n) is 8.21. The molecule has 1 fully saturated rings. The molecule has 0 spiro atoms. The predicted molar refractivity (Wildman–Crippen MR) is 96.6 cm³/mol. The Hall–Kier alpha value is -2.03. The maximum Gasteiger partial charge on any atom is 0.150 e. The number of nitrogens with two attached hydrogens (primary N) is 3. The molecule has 0 aromatic carbocycles. The van der Waals surface area contributed by atoms with E-state index in [9.17, 15) is 4.79 Å². The minimum Gasteiger partial charge on any atom is -0.412 e. The van der Waals surface area contributed by atoms with Gasteiger partial charge in [0.15, 0.2) is 0 Å². The van der Waals surface area contributed by atoms with E-state index in [1.807, 2.05) is 6.07 Å². The molecule has 0 radical (unpaired) electrons. The average Bonchev–Trinajstić information content (AvgIpc) is 3.04. The van der Waals surface area contributed by atoms with Crippen molar-refractivity contribution in [1.29, 1.82) is 5.26 Å². The molecule has 10 nitrogen and oxygen atoms in total. The number of nitrogens with one attached hydrogen (secondary N) is 1. The summed E-state index contributed by atoms with van der Waals surface area (Å²) in [5.41, 5.74) is 8.01. The maximum absolute atomic E-state index is 11.0. The van der Waals surface area contributed by atoms with Gasteiger partial charge in [-0.05, 0) is 25.7 Å². The number of carbonyl (C=O) groups is 1. The van der Waals surface area contributed by atoms with Crippen LogP contribution in [0.15, 0.2) is 0 Å². The molecule has 3 rings (SSSR count). The van der Waals surface area contributed by atoms with Gasteiger partial charge in [0, 0.05) is 38.3 Å². The summed E-state index contributed by atoms with van der Waals surface area (Å²) in [6, 6.07) is 1.99. The molecule has 0 bridgehead atoms. The van der Waals surface area contributed by atoms with Crippen molar-refractivity contribution >= 4 is 11.6 Å². The van der Waals surface area contributed by atoms with E-state index in [0.717, 1.165) is 31.2 Å². The number of nitriles is 1. The van der Waals surface area contributed by atoms with Crippen LogP contribution in [0.3, 0.4) is 0 Å². The number of nitrogens with zero attached hydrogens (tertiary/aromatic N) is 2. The third-order valence-corrected chi connectivity index (χ3v) is 4.56. The molecule has 1 aromatic rings. The zero-order valence-corrected chi connectivity index (χ0v) is 15.3.